The van der Waals surface area contributed by atoms with E-state index in [0.717, 1.165) is 25.7 Å². The van der Waals surface area contributed by atoms with E-state index in [2.05, 4.69) is 0 Å². The van der Waals surface area contributed by atoms with Crippen LogP contribution in [0.2, 0.25) is 0 Å². The number of hydrogen-bond acceptors (Lipinski definition) is 3. The minimum absolute atomic E-state index is 0.0604. The summed E-state index contributed by atoms with van der Waals surface area (Å²) in [5.41, 5.74) is 0.277. The van der Waals surface area contributed by atoms with Gasteiger partial charge in [0, 0.05) is 11.7 Å². The van der Waals surface area contributed by atoms with Crippen molar-refractivity contribution in [1.29, 1.82) is 0 Å². The van der Waals surface area contributed by atoms with Gasteiger partial charge in [-0.1, -0.05) is 39.2 Å². The third kappa shape index (κ3) is 6.80. The van der Waals surface area contributed by atoms with Gasteiger partial charge in [-0.2, -0.15) is 0 Å². The third-order valence-electron chi connectivity index (χ3n) is 3.78. The predicted molar refractivity (Wildman–Crippen MR) is 86.1 cm³/mol. The molecule has 0 heterocycles. The maximum atomic E-state index is 12.9. The van der Waals surface area contributed by atoms with Crippen LogP contribution in [0.3, 0.4) is 0 Å². The fourth-order valence-electron chi connectivity index (χ4n) is 2.99. The molecule has 0 aromatic heterocycles. The van der Waals surface area contributed by atoms with Gasteiger partial charge in [0.1, 0.15) is 0 Å². The molecule has 122 valence electrons. The van der Waals surface area contributed by atoms with Gasteiger partial charge in [-0.3, -0.25) is 4.57 Å². The molecule has 0 amide bonds. The Morgan fingerprint density at radius 3 is 2.43 bits per heavy atom. The van der Waals surface area contributed by atoms with Gasteiger partial charge in [-0.25, -0.2) is 4.79 Å². The van der Waals surface area contributed by atoms with Crippen molar-refractivity contribution in [3.8, 4) is 0 Å². The Labute approximate surface area is 128 Å². The largest absolute Gasteiger partial charge is 0.478 e. The van der Waals surface area contributed by atoms with Crippen LogP contribution in [0.15, 0.2) is 11.6 Å². The maximum absolute atomic E-state index is 12.9. The highest BCUT2D eigenvalue weighted by molar-refractivity contribution is 7.59. The number of carboxylic acids is 1. The average Bonchev–Trinajstić information content (AvgIpc) is 2.38. The normalized spacial score (nSPS) is 20.5. The van der Waals surface area contributed by atoms with E-state index in [9.17, 15) is 14.5 Å². The van der Waals surface area contributed by atoms with Gasteiger partial charge >= 0.3 is 5.97 Å². The first kappa shape index (κ1) is 18.4. The zero-order valence-electron chi connectivity index (χ0n) is 13.5. The first-order valence-corrected chi connectivity index (χ1v) is 10.0. The van der Waals surface area contributed by atoms with Crippen LogP contribution in [-0.4, -0.2) is 30.0 Å². The lowest BCUT2D eigenvalue weighted by Crippen LogP contribution is -2.14. The average molecular weight is 316 g/mol. The van der Waals surface area contributed by atoms with E-state index in [1.807, 2.05) is 19.9 Å². The van der Waals surface area contributed by atoms with Crippen LogP contribution in [0.5, 0.6) is 0 Å². The van der Waals surface area contributed by atoms with Gasteiger partial charge in [0.15, 0.2) is 0 Å². The van der Waals surface area contributed by atoms with Crippen molar-refractivity contribution in [2.45, 2.75) is 52.9 Å². The number of allylic oxidation sites excluding steroid dienone is 1. The predicted octanol–water partition coefficient (Wildman–Crippen LogP) is 4.55. The topological polar surface area (TPSA) is 63.6 Å². The summed E-state index contributed by atoms with van der Waals surface area (Å²) in [6.07, 6.45) is 7.97. The summed E-state index contributed by atoms with van der Waals surface area (Å²) >= 11 is 0. The molecule has 5 heteroatoms. The molecule has 0 aromatic rings. The van der Waals surface area contributed by atoms with E-state index in [4.69, 9.17) is 4.52 Å². The standard InChI is InChI=1S/C16H29O4P/c1-4-20-21(19,11-13(2)3)12-15(16(17)18)10-14-8-6-5-7-9-14/h10,13-14H,4-9,11-12H2,1-3H3,(H,17,18)/b15-10+. The maximum Gasteiger partial charge on any atom is 0.331 e. The van der Waals surface area contributed by atoms with E-state index in [-0.39, 0.29) is 17.7 Å². The monoisotopic (exact) mass is 316 g/mol. The number of hydrogen-bond donors (Lipinski definition) is 1. The molecule has 1 aliphatic rings. The van der Waals surface area contributed by atoms with Crippen molar-refractivity contribution in [1.82, 2.24) is 0 Å². The van der Waals surface area contributed by atoms with Crippen LogP contribution in [0, 0.1) is 11.8 Å². The second-order valence-corrected chi connectivity index (χ2v) is 8.93. The molecule has 4 nitrogen and oxygen atoms in total. The van der Waals surface area contributed by atoms with Crippen LogP contribution < -0.4 is 0 Å². The van der Waals surface area contributed by atoms with E-state index >= 15 is 0 Å². The van der Waals surface area contributed by atoms with Crippen LogP contribution in [0.1, 0.15) is 52.9 Å². The van der Waals surface area contributed by atoms with Crippen molar-refractivity contribution in [3.63, 3.8) is 0 Å². The first-order chi connectivity index (χ1) is 9.86. The van der Waals surface area contributed by atoms with Crippen molar-refractivity contribution in [2.24, 2.45) is 11.8 Å². The molecule has 0 radical (unpaired) electrons. The summed E-state index contributed by atoms with van der Waals surface area (Å²) in [7, 11) is -2.90. The molecule has 1 N–H and O–H groups in total. The van der Waals surface area contributed by atoms with E-state index in [1.165, 1.54) is 6.42 Å². The highest BCUT2D eigenvalue weighted by atomic mass is 31.2. The number of carbonyl (C=O) groups is 1. The first-order valence-electron chi connectivity index (χ1n) is 8.03. The second kappa shape index (κ2) is 8.75. The zero-order valence-corrected chi connectivity index (χ0v) is 14.4. The summed E-state index contributed by atoms with van der Waals surface area (Å²) < 4.78 is 18.3. The number of aliphatic carboxylic acids is 1. The van der Waals surface area contributed by atoms with Crippen molar-refractivity contribution < 1.29 is 19.0 Å². The lowest BCUT2D eigenvalue weighted by Gasteiger charge is -2.22. The molecule has 1 unspecified atom stereocenters. The van der Waals surface area contributed by atoms with Crippen LogP contribution in [-0.2, 0) is 13.9 Å². The molecule has 0 aromatic carbocycles. The lowest BCUT2D eigenvalue weighted by atomic mass is 9.88. The highest BCUT2D eigenvalue weighted by Gasteiger charge is 2.28. The Morgan fingerprint density at radius 1 is 1.33 bits per heavy atom. The van der Waals surface area contributed by atoms with Gasteiger partial charge in [0.25, 0.3) is 0 Å². The molecule has 0 bridgehead atoms. The van der Waals surface area contributed by atoms with Crippen LogP contribution in [0.25, 0.3) is 0 Å². The molecule has 21 heavy (non-hydrogen) atoms. The molecule has 0 spiro atoms. The molecule has 1 atom stereocenters. The Balaban J connectivity index is 2.85. The summed E-state index contributed by atoms with van der Waals surface area (Å²) in [5, 5.41) is 9.42. The molecular weight excluding hydrogens is 287 g/mol. The summed E-state index contributed by atoms with van der Waals surface area (Å²) in [6.45, 7) is 6.13. The molecule has 1 rings (SSSR count). The molecule has 1 fully saturated rings. The SMILES string of the molecule is CCOP(=O)(C/C(=C\C1CCCCC1)C(=O)O)CC(C)C. The third-order valence-corrected chi connectivity index (χ3v) is 6.62. The van der Waals surface area contributed by atoms with Gasteiger partial charge < -0.3 is 9.63 Å². The fourth-order valence-corrected chi connectivity index (χ4v) is 5.66. The van der Waals surface area contributed by atoms with Gasteiger partial charge in [-0.05, 0) is 31.6 Å². The van der Waals surface area contributed by atoms with Gasteiger partial charge in [0.2, 0.25) is 7.37 Å². The van der Waals surface area contributed by atoms with Crippen LogP contribution >= 0.6 is 7.37 Å². The van der Waals surface area contributed by atoms with Crippen molar-refractivity contribution >= 4 is 13.3 Å². The van der Waals surface area contributed by atoms with Gasteiger partial charge in [-0.15, -0.1) is 0 Å². The molecule has 1 saturated carbocycles. The minimum atomic E-state index is -2.90. The Kier molecular flexibility index (Phi) is 7.69. The smallest absolute Gasteiger partial charge is 0.331 e. The molecule has 1 aliphatic carbocycles. The molecule has 0 saturated heterocycles. The van der Waals surface area contributed by atoms with E-state index in [0.29, 0.717) is 18.7 Å². The fraction of sp³-hybridized carbons (Fsp3) is 0.812. The summed E-state index contributed by atoms with van der Waals surface area (Å²) in [6, 6.07) is 0. The minimum Gasteiger partial charge on any atom is -0.478 e. The summed E-state index contributed by atoms with van der Waals surface area (Å²) in [4.78, 5) is 11.5. The number of carboxylic acid groups (broad SMARTS) is 1. The van der Waals surface area contributed by atoms with Crippen molar-refractivity contribution in [2.75, 3.05) is 18.9 Å². The molecule has 0 aliphatic heterocycles. The Hall–Kier alpha value is -0.600. The number of rotatable bonds is 8. The summed E-state index contributed by atoms with van der Waals surface area (Å²) in [5.74, 6) is -0.407. The van der Waals surface area contributed by atoms with E-state index in [1.54, 1.807) is 6.92 Å². The van der Waals surface area contributed by atoms with Gasteiger partial charge in [0.05, 0.1) is 12.8 Å². The van der Waals surface area contributed by atoms with E-state index < -0.39 is 13.3 Å². The zero-order chi connectivity index (χ0) is 15.9. The quantitative estimate of drug-likeness (QED) is 0.527. The van der Waals surface area contributed by atoms with Crippen LogP contribution in [0.4, 0.5) is 0 Å². The second-order valence-electron chi connectivity index (χ2n) is 6.36. The van der Waals surface area contributed by atoms with Crippen molar-refractivity contribution in [3.05, 3.63) is 11.6 Å². The Morgan fingerprint density at radius 2 is 1.95 bits per heavy atom. The molecular formula is C16H29O4P. The lowest BCUT2D eigenvalue weighted by molar-refractivity contribution is -0.132. The Bertz CT molecular complexity index is 409. The highest BCUT2D eigenvalue weighted by Crippen LogP contribution is 2.50.